The largest absolute Gasteiger partial charge is 0.353 e. The molecule has 1 radical (unpaired) electrons. The number of hydrogen-bond donors (Lipinski definition) is 1. The fourth-order valence-electron chi connectivity index (χ4n) is 0.377. The standard InChI is InChI=1S/C5H5NS.Ag/c7-5-3-1-2-4-6-5;/h1-4H,(H,6,7);. The molecule has 0 bridgehead atoms. The predicted molar refractivity (Wildman–Crippen MR) is 31.6 cm³/mol. The maximum absolute atomic E-state index is 4.76. The number of rotatable bonds is 0. The van der Waals surface area contributed by atoms with Crippen LogP contribution in [0.2, 0.25) is 0 Å². The monoisotopic (exact) mass is 218 g/mol. The van der Waals surface area contributed by atoms with Crippen molar-refractivity contribution in [2.75, 3.05) is 0 Å². The molecule has 1 N–H and O–H groups in total. The second-order valence-electron chi connectivity index (χ2n) is 1.23. The number of H-pyrrole nitrogens is 1. The van der Waals surface area contributed by atoms with E-state index >= 15 is 0 Å². The van der Waals surface area contributed by atoms with Crippen LogP contribution in [0.25, 0.3) is 0 Å². The Bertz CT molecular complexity index is 178. The fraction of sp³-hybridized carbons (Fsp3) is 0. The molecule has 0 aliphatic carbocycles. The average molecular weight is 219 g/mol. The van der Waals surface area contributed by atoms with Crippen molar-refractivity contribution in [2.24, 2.45) is 0 Å². The quantitative estimate of drug-likeness (QED) is 0.519. The summed E-state index contributed by atoms with van der Waals surface area (Å²) in [5, 5.41) is 0. The molecule has 0 fully saturated rings. The number of hydrogen-bond acceptors (Lipinski definition) is 1. The number of nitrogens with one attached hydrogen (secondary N) is 1. The molecule has 0 unspecified atom stereocenters. The molecule has 1 aromatic rings. The number of pyridine rings is 1. The van der Waals surface area contributed by atoms with Gasteiger partial charge >= 0.3 is 0 Å². The molecule has 0 atom stereocenters. The molecule has 0 amide bonds. The molecule has 8 heavy (non-hydrogen) atoms. The van der Waals surface area contributed by atoms with Gasteiger partial charge in [0.1, 0.15) is 4.64 Å². The summed E-state index contributed by atoms with van der Waals surface area (Å²) in [6.07, 6.45) is 1.81. The van der Waals surface area contributed by atoms with Crippen LogP contribution in [-0.4, -0.2) is 4.98 Å². The van der Waals surface area contributed by atoms with Crippen LogP contribution in [0.4, 0.5) is 0 Å². The first-order valence-electron chi connectivity index (χ1n) is 2.03. The van der Waals surface area contributed by atoms with Gasteiger partial charge in [-0.2, -0.15) is 0 Å². The second-order valence-corrected chi connectivity index (χ2v) is 1.67. The summed E-state index contributed by atoms with van der Waals surface area (Å²) < 4.78 is 0.780. The Morgan fingerprint density at radius 1 is 1.38 bits per heavy atom. The van der Waals surface area contributed by atoms with Crippen LogP contribution in [0.1, 0.15) is 0 Å². The SMILES string of the molecule is S=c1cccc[nH]1.[Ag]. The normalized spacial score (nSPS) is 7.50. The van der Waals surface area contributed by atoms with Gasteiger partial charge < -0.3 is 4.98 Å². The van der Waals surface area contributed by atoms with E-state index in [-0.39, 0.29) is 22.4 Å². The molecule has 0 saturated carbocycles. The van der Waals surface area contributed by atoms with Gasteiger partial charge in [-0.1, -0.05) is 18.3 Å². The van der Waals surface area contributed by atoms with Crippen LogP contribution in [0.15, 0.2) is 24.4 Å². The van der Waals surface area contributed by atoms with Crippen LogP contribution in [-0.2, 0) is 22.4 Å². The summed E-state index contributed by atoms with van der Waals surface area (Å²) in [5.41, 5.74) is 0. The van der Waals surface area contributed by atoms with Crippen molar-refractivity contribution in [1.82, 2.24) is 4.98 Å². The summed E-state index contributed by atoms with van der Waals surface area (Å²) in [4.78, 5) is 2.85. The first kappa shape index (κ1) is 8.11. The van der Waals surface area contributed by atoms with E-state index in [4.69, 9.17) is 12.2 Å². The van der Waals surface area contributed by atoms with Gasteiger partial charge in [-0.3, -0.25) is 0 Å². The zero-order valence-corrected chi connectivity index (χ0v) is 6.32. The summed E-state index contributed by atoms with van der Waals surface area (Å²) in [5.74, 6) is 0. The summed E-state index contributed by atoms with van der Waals surface area (Å²) in [6.45, 7) is 0. The maximum Gasteiger partial charge on any atom is 0.103 e. The van der Waals surface area contributed by atoms with E-state index in [9.17, 15) is 0 Å². The van der Waals surface area contributed by atoms with E-state index in [0.29, 0.717) is 0 Å². The molecule has 0 aliphatic rings. The average Bonchev–Trinajstić information content (AvgIpc) is 1.69. The van der Waals surface area contributed by atoms with Crippen molar-refractivity contribution in [1.29, 1.82) is 0 Å². The van der Waals surface area contributed by atoms with E-state index in [1.165, 1.54) is 0 Å². The van der Waals surface area contributed by atoms with Gasteiger partial charge in [0, 0.05) is 28.6 Å². The Morgan fingerprint density at radius 3 is 2.38 bits per heavy atom. The second kappa shape index (κ2) is 4.04. The van der Waals surface area contributed by atoms with Crippen molar-refractivity contribution in [3.05, 3.63) is 29.0 Å². The van der Waals surface area contributed by atoms with Gasteiger partial charge in [-0.15, -0.1) is 0 Å². The van der Waals surface area contributed by atoms with Crippen molar-refractivity contribution in [2.45, 2.75) is 0 Å². The minimum Gasteiger partial charge on any atom is -0.353 e. The third-order valence-corrected chi connectivity index (χ3v) is 0.934. The van der Waals surface area contributed by atoms with Crippen LogP contribution >= 0.6 is 12.2 Å². The molecule has 1 rings (SSSR count). The molecule has 3 heteroatoms. The molecule has 0 saturated heterocycles. The Morgan fingerprint density at radius 2 is 2.12 bits per heavy atom. The Kier molecular flexibility index (Phi) is 4.09. The third-order valence-electron chi connectivity index (χ3n) is 0.681. The molecule has 0 aromatic carbocycles. The van der Waals surface area contributed by atoms with E-state index in [1.807, 2.05) is 24.4 Å². The molecular weight excluding hydrogens is 214 g/mol. The van der Waals surface area contributed by atoms with Gasteiger partial charge in [0.2, 0.25) is 0 Å². The van der Waals surface area contributed by atoms with Crippen molar-refractivity contribution in [3.8, 4) is 0 Å². The molecule has 1 aromatic heterocycles. The summed E-state index contributed by atoms with van der Waals surface area (Å²) in [7, 11) is 0. The van der Waals surface area contributed by atoms with Crippen LogP contribution in [0, 0.1) is 4.64 Å². The van der Waals surface area contributed by atoms with Gasteiger partial charge in [0.15, 0.2) is 0 Å². The Balaban J connectivity index is 0.000000490. The predicted octanol–water partition coefficient (Wildman–Crippen LogP) is 1.74. The molecule has 47 valence electrons. The van der Waals surface area contributed by atoms with Gasteiger partial charge in [-0.25, -0.2) is 0 Å². The third kappa shape index (κ3) is 2.43. The van der Waals surface area contributed by atoms with Crippen LogP contribution < -0.4 is 0 Å². The van der Waals surface area contributed by atoms with Crippen molar-refractivity contribution in [3.63, 3.8) is 0 Å². The topological polar surface area (TPSA) is 15.8 Å². The van der Waals surface area contributed by atoms with E-state index in [2.05, 4.69) is 4.98 Å². The summed E-state index contributed by atoms with van der Waals surface area (Å²) in [6, 6.07) is 5.64. The van der Waals surface area contributed by atoms with Crippen LogP contribution in [0.5, 0.6) is 0 Å². The van der Waals surface area contributed by atoms with E-state index < -0.39 is 0 Å². The first-order valence-corrected chi connectivity index (χ1v) is 2.44. The van der Waals surface area contributed by atoms with Gasteiger partial charge in [-0.05, 0) is 12.1 Å². The molecule has 0 aliphatic heterocycles. The Hall–Kier alpha value is 0.110. The zero-order chi connectivity index (χ0) is 5.11. The van der Waals surface area contributed by atoms with Crippen molar-refractivity contribution < 1.29 is 22.4 Å². The minimum atomic E-state index is 0. The van der Waals surface area contributed by atoms with Gasteiger partial charge in [0.25, 0.3) is 0 Å². The molecule has 1 heterocycles. The van der Waals surface area contributed by atoms with E-state index in [0.717, 1.165) is 4.64 Å². The number of aromatic amines is 1. The minimum absolute atomic E-state index is 0. The van der Waals surface area contributed by atoms with Gasteiger partial charge in [0.05, 0.1) is 0 Å². The summed E-state index contributed by atoms with van der Waals surface area (Å²) >= 11 is 4.76. The Labute approximate surface area is 68.6 Å². The smallest absolute Gasteiger partial charge is 0.103 e. The fourth-order valence-corrected chi connectivity index (χ4v) is 0.523. The molecule has 0 spiro atoms. The van der Waals surface area contributed by atoms with Crippen molar-refractivity contribution >= 4 is 12.2 Å². The zero-order valence-electron chi connectivity index (χ0n) is 4.02. The van der Waals surface area contributed by atoms with E-state index in [1.54, 1.807) is 0 Å². The first-order chi connectivity index (χ1) is 3.39. The molecular formula is C5H5AgNS. The molecule has 1 nitrogen and oxygen atoms in total. The maximum atomic E-state index is 4.76. The van der Waals surface area contributed by atoms with Crippen LogP contribution in [0.3, 0.4) is 0 Å². The number of aromatic nitrogens is 1.